The van der Waals surface area contributed by atoms with E-state index in [1.165, 1.54) is 0 Å². The molecule has 180 valence electrons. The van der Waals surface area contributed by atoms with Crippen LogP contribution in [-0.4, -0.2) is 51.0 Å². The van der Waals surface area contributed by atoms with Crippen molar-refractivity contribution in [3.05, 3.63) is 82.6 Å². The zero-order valence-corrected chi connectivity index (χ0v) is 20.1. The third-order valence-electron chi connectivity index (χ3n) is 6.14. The van der Waals surface area contributed by atoms with Crippen LogP contribution in [0.4, 0.5) is 0 Å². The number of ether oxygens (including phenoxy) is 1. The minimum absolute atomic E-state index is 0.0123. The third-order valence-corrected chi connectivity index (χ3v) is 7.00. The van der Waals surface area contributed by atoms with E-state index >= 15 is 0 Å². The van der Waals surface area contributed by atoms with Gasteiger partial charge in [-0.3, -0.25) is 9.59 Å². The SMILES string of the molecule is O=C(NCC1CCCO1)C(c1ccccc1)N(Cc1cccs1)C(=O)Cn1nnc2ccccc21. The zero-order chi connectivity index (χ0) is 24.0. The van der Waals surface area contributed by atoms with Gasteiger partial charge in [-0.1, -0.05) is 53.7 Å². The van der Waals surface area contributed by atoms with E-state index in [-0.39, 0.29) is 24.5 Å². The maximum absolute atomic E-state index is 13.8. The second-order valence-corrected chi connectivity index (χ2v) is 9.56. The molecule has 4 aromatic rings. The lowest BCUT2D eigenvalue weighted by molar-refractivity contribution is -0.142. The lowest BCUT2D eigenvalue weighted by Gasteiger charge is -2.31. The molecule has 0 radical (unpaired) electrons. The van der Waals surface area contributed by atoms with Crippen LogP contribution >= 0.6 is 11.3 Å². The lowest BCUT2D eigenvalue weighted by Crippen LogP contribution is -2.46. The lowest BCUT2D eigenvalue weighted by atomic mass is 10.0. The molecule has 0 bridgehead atoms. The van der Waals surface area contributed by atoms with Crippen LogP contribution in [0.25, 0.3) is 11.0 Å². The Bertz CT molecular complexity index is 1270. The minimum atomic E-state index is -0.790. The maximum Gasteiger partial charge on any atom is 0.247 e. The molecule has 3 heterocycles. The first-order chi connectivity index (χ1) is 17.2. The number of aromatic nitrogens is 3. The summed E-state index contributed by atoms with van der Waals surface area (Å²) in [5.41, 5.74) is 2.25. The highest BCUT2D eigenvalue weighted by atomic mass is 32.1. The van der Waals surface area contributed by atoms with Crippen molar-refractivity contribution in [3.63, 3.8) is 0 Å². The number of hydrogen-bond donors (Lipinski definition) is 1. The Morgan fingerprint density at radius 3 is 2.71 bits per heavy atom. The van der Waals surface area contributed by atoms with Crippen LogP contribution in [-0.2, 0) is 27.4 Å². The molecule has 2 amide bonds. The molecule has 8 nitrogen and oxygen atoms in total. The summed E-state index contributed by atoms with van der Waals surface area (Å²) >= 11 is 1.56. The largest absolute Gasteiger partial charge is 0.376 e. The molecule has 1 aliphatic rings. The fourth-order valence-electron chi connectivity index (χ4n) is 4.37. The summed E-state index contributed by atoms with van der Waals surface area (Å²) in [5.74, 6) is -0.435. The van der Waals surface area contributed by atoms with E-state index in [9.17, 15) is 9.59 Å². The average Bonchev–Trinajstić information content (AvgIpc) is 3.66. The highest BCUT2D eigenvalue weighted by Gasteiger charge is 2.32. The van der Waals surface area contributed by atoms with Crippen LogP contribution < -0.4 is 5.32 Å². The second-order valence-electron chi connectivity index (χ2n) is 8.53. The number of fused-ring (bicyclic) bond motifs is 1. The van der Waals surface area contributed by atoms with Crippen molar-refractivity contribution in [1.82, 2.24) is 25.2 Å². The smallest absolute Gasteiger partial charge is 0.247 e. The van der Waals surface area contributed by atoms with Crippen LogP contribution in [0.5, 0.6) is 0 Å². The number of rotatable bonds is 9. The molecular weight excluding hydrogens is 462 g/mol. The zero-order valence-electron chi connectivity index (χ0n) is 19.2. The number of nitrogens with one attached hydrogen (secondary N) is 1. The molecule has 1 aliphatic heterocycles. The van der Waals surface area contributed by atoms with Gasteiger partial charge in [0.1, 0.15) is 18.1 Å². The topological polar surface area (TPSA) is 89.4 Å². The number of carbonyl (C=O) groups is 2. The van der Waals surface area contributed by atoms with Gasteiger partial charge in [-0.05, 0) is 42.0 Å². The summed E-state index contributed by atoms with van der Waals surface area (Å²) in [4.78, 5) is 30.0. The van der Waals surface area contributed by atoms with Gasteiger partial charge in [-0.15, -0.1) is 16.4 Å². The van der Waals surface area contributed by atoms with Crippen LogP contribution in [0.15, 0.2) is 72.1 Å². The molecular formula is C26H27N5O3S. The second kappa shape index (κ2) is 10.8. The standard InChI is InChI=1S/C26H27N5O3S/c32-24(18-31-23-13-5-4-12-22(23)28-29-31)30(17-21-11-7-15-35-21)25(19-8-2-1-3-9-19)26(33)27-16-20-10-6-14-34-20/h1-5,7-9,11-13,15,20,25H,6,10,14,16-18H2,(H,27,33). The molecule has 2 atom stereocenters. The van der Waals surface area contributed by atoms with Gasteiger partial charge < -0.3 is 15.0 Å². The molecule has 2 aromatic heterocycles. The maximum atomic E-state index is 13.8. The molecule has 1 saturated heterocycles. The minimum Gasteiger partial charge on any atom is -0.376 e. The molecule has 0 saturated carbocycles. The van der Waals surface area contributed by atoms with Gasteiger partial charge in [0.25, 0.3) is 0 Å². The Morgan fingerprint density at radius 1 is 1.11 bits per heavy atom. The number of amides is 2. The first-order valence-corrected chi connectivity index (χ1v) is 12.6. The van der Waals surface area contributed by atoms with E-state index in [1.54, 1.807) is 20.9 Å². The predicted octanol–water partition coefficient (Wildman–Crippen LogP) is 3.56. The third kappa shape index (κ3) is 5.41. The van der Waals surface area contributed by atoms with E-state index in [0.29, 0.717) is 13.1 Å². The van der Waals surface area contributed by atoms with E-state index in [1.807, 2.05) is 72.1 Å². The molecule has 2 aromatic carbocycles. The number of para-hydroxylation sites is 1. The number of nitrogens with zero attached hydrogens (tertiary/aromatic N) is 4. The van der Waals surface area contributed by atoms with Crippen molar-refractivity contribution < 1.29 is 14.3 Å². The Kier molecular flexibility index (Phi) is 7.15. The van der Waals surface area contributed by atoms with Crippen molar-refractivity contribution in [2.45, 2.75) is 38.1 Å². The van der Waals surface area contributed by atoms with Gasteiger partial charge in [0.2, 0.25) is 11.8 Å². The van der Waals surface area contributed by atoms with Crippen LogP contribution in [0, 0.1) is 0 Å². The number of carbonyl (C=O) groups excluding carboxylic acids is 2. The summed E-state index contributed by atoms with van der Waals surface area (Å²) in [5, 5.41) is 13.4. The Balaban J connectivity index is 1.45. The number of hydrogen-bond acceptors (Lipinski definition) is 6. The van der Waals surface area contributed by atoms with Gasteiger partial charge in [0.05, 0.1) is 18.2 Å². The van der Waals surface area contributed by atoms with Crippen LogP contribution in [0.2, 0.25) is 0 Å². The molecule has 0 spiro atoms. The summed E-state index contributed by atoms with van der Waals surface area (Å²) in [6, 6.07) is 20.1. The van der Waals surface area contributed by atoms with Gasteiger partial charge in [0, 0.05) is 18.0 Å². The summed E-state index contributed by atoms with van der Waals surface area (Å²) in [6.45, 7) is 1.44. The molecule has 35 heavy (non-hydrogen) atoms. The monoisotopic (exact) mass is 489 g/mol. The van der Waals surface area contributed by atoms with Gasteiger partial charge in [-0.25, -0.2) is 4.68 Å². The molecule has 5 rings (SSSR count). The molecule has 1 fully saturated rings. The Hall–Kier alpha value is -3.56. The Labute approximate surface area is 207 Å². The van der Waals surface area contributed by atoms with E-state index in [0.717, 1.165) is 40.9 Å². The van der Waals surface area contributed by atoms with Crippen molar-refractivity contribution in [1.29, 1.82) is 0 Å². The van der Waals surface area contributed by atoms with E-state index < -0.39 is 6.04 Å². The first kappa shape index (κ1) is 23.2. The quantitative estimate of drug-likeness (QED) is 0.388. The van der Waals surface area contributed by atoms with E-state index in [4.69, 9.17) is 4.74 Å². The van der Waals surface area contributed by atoms with Crippen molar-refractivity contribution in [3.8, 4) is 0 Å². The predicted molar refractivity (Wildman–Crippen MR) is 134 cm³/mol. The molecule has 0 aliphatic carbocycles. The van der Waals surface area contributed by atoms with Crippen molar-refractivity contribution >= 4 is 34.2 Å². The van der Waals surface area contributed by atoms with Crippen LogP contribution in [0.1, 0.15) is 29.3 Å². The fraction of sp³-hybridized carbons (Fsp3) is 0.308. The molecule has 9 heteroatoms. The highest BCUT2D eigenvalue weighted by Crippen LogP contribution is 2.26. The molecule has 1 N–H and O–H groups in total. The first-order valence-electron chi connectivity index (χ1n) is 11.7. The van der Waals surface area contributed by atoms with Crippen molar-refractivity contribution in [2.75, 3.05) is 13.2 Å². The normalized spacial score (nSPS) is 16.3. The summed E-state index contributed by atoms with van der Waals surface area (Å²) in [7, 11) is 0. The highest BCUT2D eigenvalue weighted by molar-refractivity contribution is 7.09. The van der Waals surface area contributed by atoms with Crippen LogP contribution in [0.3, 0.4) is 0 Å². The van der Waals surface area contributed by atoms with Gasteiger partial charge in [-0.2, -0.15) is 0 Å². The Morgan fingerprint density at radius 2 is 1.94 bits per heavy atom. The summed E-state index contributed by atoms with van der Waals surface area (Å²) in [6.07, 6.45) is 1.93. The summed E-state index contributed by atoms with van der Waals surface area (Å²) < 4.78 is 7.27. The van der Waals surface area contributed by atoms with Gasteiger partial charge in [0.15, 0.2) is 0 Å². The number of benzene rings is 2. The van der Waals surface area contributed by atoms with Crippen molar-refractivity contribution in [2.24, 2.45) is 0 Å². The van der Waals surface area contributed by atoms with E-state index in [2.05, 4.69) is 15.6 Å². The average molecular weight is 490 g/mol. The molecule has 2 unspecified atom stereocenters. The fourth-order valence-corrected chi connectivity index (χ4v) is 5.07. The van der Waals surface area contributed by atoms with Gasteiger partial charge >= 0.3 is 0 Å². The number of thiophene rings is 1.